The first-order chi connectivity index (χ1) is 6.99. The molecule has 0 saturated heterocycles. The molecule has 0 bridgehead atoms. The molecule has 0 aromatic carbocycles. The minimum Gasteiger partial charge on any atom is -0.423 e. The fourth-order valence-electron chi connectivity index (χ4n) is 0.992. The van der Waals surface area contributed by atoms with Gasteiger partial charge in [0.1, 0.15) is 5.76 Å². The van der Waals surface area contributed by atoms with Gasteiger partial charge in [0.2, 0.25) is 6.20 Å². The lowest BCUT2D eigenvalue weighted by Crippen LogP contribution is -2.05. The summed E-state index contributed by atoms with van der Waals surface area (Å²) in [6.07, 6.45) is 4.88. The van der Waals surface area contributed by atoms with Crippen LogP contribution in [-0.4, -0.2) is 29.9 Å². The number of carbonyl (C=O) groups excluding carboxylic acids is 1. The quantitative estimate of drug-likeness (QED) is 0.296. The SMILES string of the molecule is CN(C)C=C1C=C(C=C[N+](=O)[O-])OC1=O. The van der Waals surface area contributed by atoms with Gasteiger partial charge in [-0.3, -0.25) is 10.1 Å². The lowest BCUT2D eigenvalue weighted by molar-refractivity contribution is -0.402. The molecule has 1 aliphatic rings. The topological polar surface area (TPSA) is 72.7 Å². The second-order valence-corrected chi connectivity index (χ2v) is 3.09. The Morgan fingerprint density at radius 3 is 2.73 bits per heavy atom. The molecule has 1 aliphatic heterocycles. The molecule has 0 unspecified atom stereocenters. The highest BCUT2D eigenvalue weighted by Gasteiger charge is 2.19. The minimum atomic E-state index is -0.623. The number of carbonyl (C=O) groups is 1. The zero-order valence-corrected chi connectivity index (χ0v) is 8.34. The number of nitro groups is 1. The van der Waals surface area contributed by atoms with Gasteiger partial charge in [-0.25, -0.2) is 4.79 Å². The monoisotopic (exact) mass is 210 g/mol. The number of nitrogens with zero attached hydrogens (tertiary/aromatic N) is 2. The molecule has 0 amide bonds. The van der Waals surface area contributed by atoms with Gasteiger partial charge < -0.3 is 9.64 Å². The highest BCUT2D eigenvalue weighted by molar-refractivity contribution is 5.95. The summed E-state index contributed by atoms with van der Waals surface area (Å²) in [6, 6.07) is 0. The Morgan fingerprint density at radius 2 is 2.20 bits per heavy atom. The summed E-state index contributed by atoms with van der Waals surface area (Å²) >= 11 is 0. The Labute approximate surface area is 86.3 Å². The van der Waals surface area contributed by atoms with E-state index in [0.29, 0.717) is 5.57 Å². The predicted molar refractivity (Wildman–Crippen MR) is 52.1 cm³/mol. The molecule has 80 valence electrons. The van der Waals surface area contributed by atoms with Gasteiger partial charge in [-0.1, -0.05) is 0 Å². The summed E-state index contributed by atoms with van der Waals surface area (Å²) in [7, 11) is 3.53. The van der Waals surface area contributed by atoms with Crippen LogP contribution in [0.25, 0.3) is 0 Å². The van der Waals surface area contributed by atoms with Gasteiger partial charge in [0.15, 0.2) is 0 Å². The first kappa shape index (κ1) is 11.0. The Bertz CT molecular complexity index is 380. The zero-order chi connectivity index (χ0) is 11.4. The van der Waals surface area contributed by atoms with E-state index >= 15 is 0 Å². The summed E-state index contributed by atoms with van der Waals surface area (Å²) < 4.78 is 4.76. The maximum Gasteiger partial charge on any atom is 0.345 e. The lowest BCUT2D eigenvalue weighted by atomic mass is 10.3. The van der Waals surface area contributed by atoms with Crippen molar-refractivity contribution in [2.45, 2.75) is 0 Å². The fraction of sp³-hybridized carbons (Fsp3) is 0.222. The normalized spacial score (nSPS) is 18.1. The summed E-state index contributed by atoms with van der Waals surface area (Å²) in [5.74, 6) is -0.337. The number of rotatable bonds is 3. The number of hydrogen-bond donors (Lipinski definition) is 0. The lowest BCUT2D eigenvalue weighted by Gasteiger charge is -2.03. The van der Waals surface area contributed by atoms with Gasteiger partial charge >= 0.3 is 5.97 Å². The van der Waals surface area contributed by atoms with Gasteiger partial charge in [0.05, 0.1) is 16.6 Å². The van der Waals surface area contributed by atoms with E-state index in [0.717, 1.165) is 12.3 Å². The zero-order valence-electron chi connectivity index (χ0n) is 8.34. The van der Waals surface area contributed by atoms with E-state index < -0.39 is 10.9 Å². The van der Waals surface area contributed by atoms with Crippen LogP contribution in [0.5, 0.6) is 0 Å². The summed E-state index contributed by atoms with van der Waals surface area (Å²) in [5, 5.41) is 10.0. The first-order valence-electron chi connectivity index (χ1n) is 4.13. The van der Waals surface area contributed by atoms with Crippen molar-refractivity contribution in [3.63, 3.8) is 0 Å². The molecule has 15 heavy (non-hydrogen) atoms. The summed E-state index contributed by atoms with van der Waals surface area (Å²) in [4.78, 5) is 22.3. The number of hydrogen-bond acceptors (Lipinski definition) is 5. The molecule has 0 radical (unpaired) electrons. The Balaban J connectivity index is 2.80. The second kappa shape index (κ2) is 4.41. The van der Waals surface area contributed by atoms with Crippen molar-refractivity contribution < 1.29 is 14.5 Å². The van der Waals surface area contributed by atoms with Crippen molar-refractivity contribution in [2.24, 2.45) is 0 Å². The second-order valence-electron chi connectivity index (χ2n) is 3.09. The van der Waals surface area contributed by atoms with E-state index in [9.17, 15) is 14.9 Å². The average molecular weight is 210 g/mol. The molecule has 0 saturated carbocycles. The van der Waals surface area contributed by atoms with Crippen LogP contribution in [0.3, 0.4) is 0 Å². The van der Waals surface area contributed by atoms with Crippen molar-refractivity contribution >= 4 is 5.97 Å². The highest BCUT2D eigenvalue weighted by Crippen LogP contribution is 2.17. The van der Waals surface area contributed by atoms with Crippen LogP contribution in [0, 0.1) is 10.1 Å². The van der Waals surface area contributed by atoms with Crippen molar-refractivity contribution in [1.82, 2.24) is 4.90 Å². The maximum atomic E-state index is 11.2. The average Bonchev–Trinajstić information content (AvgIpc) is 2.43. The Hall–Kier alpha value is -2.11. The number of allylic oxidation sites excluding steroid dienone is 1. The number of ether oxygens (including phenoxy) is 1. The maximum absolute atomic E-state index is 11.2. The van der Waals surface area contributed by atoms with E-state index in [2.05, 4.69) is 0 Å². The van der Waals surface area contributed by atoms with Gasteiger partial charge in [0, 0.05) is 20.3 Å². The molecule has 1 heterocycles. The van der Waals surface area contributed by atoms with Crippen LogP contribution in [-0.2, 0) is 9.53 Å². The van der Waals surface area contributed by atoms with Crippen LogP contribution in [0.2, 0.25) is 0 Å². The first-order valence-corrected chi connectivity index (χ1v) is 4.13. The van der Waals surface area contributed by atoms with E-state index in [1.807, 2.05) is 0 Å². The van der Waals surface area contributed by atoms with Gasteiger partial charge in [-0.15, -0.1) is 0 Å². The predicted octanol–water partition coefficient (Wildman–Crippen LogP) is 0.663. The van der Waals surface area contributed by atoms with Crippen LogP contribution < -0.4 is 0 Å². The van der Waals surface area contributed by atoms with E-state index in [-0.39, 0.29) is 5.76 Å². The van der Waals surface area contributed by atoms with Gasteiger partial charge in [0.25, 0.3) is 0 Å². The molecule has 0 aromatic heterocycles. The van der Waals surface area contributed by atoms with E-state index in [1.165, 1.54) is 6.08 Å². The standard InChI is InChI=1S/C9H10N2O4/c1-10(2)6-7-5-8(15-9(7)12)3-4-11(13)14/h3-6H,1-2H3. The fourth-order valence-corrected chi connectivity index (χ4v) is 0.992. The molecule has 6 heteroatoms. The molecular weight excluding hydrogens is 200 g/mol. The third-order valence-electron chi connectivity index (χ3n) is 1.50. The summed E-state index contributed by atoms with van der Waals surface area (Å²) in [5.41, 5.74) is 0.364. The van der Waals surface area contributed by atoms with Crippen molar-refractivity contribution in [3.8, 4) is 0 Å². The van der Waals surface area contributed by atoms with Crippen molar-refractivity contribution in [1.29, 1.82) is 0 Å². The van der Waals surface area contributed by atoms with Gasteiger partial charge in [-0.05, 0) is 6.08 Å². The van der Waals surface area contributed by atoms with Crippen LogP contribution in [0.15, 0.2) is 35.9 Å². The Morgan fingerprint density at radius 1 is 1.53 bits per heavy atom. The van der Waals surface area contributed by atoms with Gasteiger partial charge in [-0.2, -0.15) is 0 Å². The molecular formula is C9H10N2O4. The Kier molecular flexibility index (Phi) is 3.22. The smallest absolute Gasteiger partial charge is 0.345 e. The third kappa shape index (κ3) is 3.26. The van der Waals surface area contributed by atoms with E-state index in [4.69, 9.17) is 4.74 Å². The van der Waals surface area contributed by atoms with Crippen LogP contribution >= 0.6 is 0 Å². The van der Waals surface area contributed by atoms with Crippen molar-refractivity contribution in [3.05, 3.63) is 46.0 Å². The molecule has 0 aliphatic carbocycles. The molecule has 0 N–H and O–H groups in total. The highest BCUT2D eigenvalue weighted by atomic mass is 16.6. The minimum absolute atomic E-state index is 0.171. The molecule has 6 nitrogen and oxygen atoms in total. The molecule has 1 rings (SSSR count). The third-order valence-corrected chi connectivity index (χ3v) is 1.50. The molecule has 0 atom stereocenters. The number of cyclic esters (lactones) is 1. The molecule has 0 aromatic rings. The number of esters is 1. The molecule has 0 spiro atoms. The van der Waals surface area contributed by atoms with Crippen molar-refractivity contribution in [2.75, 3.05) is 14.1 Å². The van der Waals surface area contributed by atoms with Crippen LogP contribution in [0.4, 0.5) is 0 Å². The molecule has 0 fully saturated rings. The largest absolute Gasteiger partial charge is 0.423 e. The van der Waals surface area contributed by atoms with E-state index in [1.54, 1.807) is 25.2 Å². The summed E-state index contributed by atoms with van der Waals surface area (Å²) in [6.45, 7) is 0. The van der Waals surface area contributed by atoms with Crippen LogP contribution in [0.1, 0.15) is 0 Å².